The van der Waals surface area contributed by atoms with E-state index < -0.39 is 18.0 Å². The number of quaternary nitrogens is 1. The van der Waals surface area contributed by atoms with Gasteiger partial charge in [0.1, 0.15) is 6.61 Å². The Hall–Kier alpha value is -1.88. The van der Waals surface area contributed by atoms with E-state index in [9.17, 15) is 9.59 Å². The zero-order valence-corrected chi connectivity index (χ0v) is 9.46. The summed E-state index contributed by atoms with van der Waals surface area (Å²) < 4.78 is 5.00. The predicted octanol–water partition coefficient (Wildman–Crippen LogP) is 0.205. The van der Waals surface area contributed by atoms with Crippen LogP contribution in [-0.2, 0) is 20.9 Å². The normalized spacial score (nSPS) is 11.8. The molecule has 0 heterocycles. The summed E-state index contributed by atoms with van der Waals surface area (Å²) in [7, 11) is 0. The number of hydrogen-bond donors (Lipinski definition) is 2. The van der Waals surface area contributed by atoms with Crippen LogP contribution in [0.4, 0.5) is 0 Å². The van der Waals surface area contributed by atoms with E-state index in [2.05, 4.69) is 5.73 Å². The van der Waals surface area contributed by atoms with Gasteiger partial charge >= 0.3 is 11.9 Å². The molecule has 0 aromatic heterocycles. The van der Waals surface area contributed by atoms with Gasteiger partial charge in [-0.25, -0.2) is 4.79 Å². The lowest BCUT2D eigenvalue weighted by molar-refractivity contribution is -0.408. The van der Waals surface area contributed by atoms with Crippen LogP contribution >= 0.6 is 0 Å². The molecule has 0 saturated carbocycles. The Kier molecular flexibility index (Phi) is 5.16. The molecule has 0 saturated heterocycles. The van der Waals surface area contributed by atoms with Crippen molar-refractivity contribution >= 4 is 11.9 Å². The SMILES string of the molecule is [NH3+]C(CCC(=O)OCc1ccccc1)C(=O)O. The number of hydrogen-bond acceptors (Lipinski definition) is 3. The number of rotatable bonds is 6. The summed E-state index contributed by atoms with van der Waals surface area (Å²) >= 11 is 0. The van der Waals surface area contributed by atoms with Gasteiger partial charge in [-0.3, -0.25) is 4.79 Å². The first kappa shape index (κ1) is 13.2. The van der Waals surface area contributed by atoms with Gasteiger partial charge in [-0.05, 0) is 5.56 Å². The Morgan fingerprint density at radius 2 is 1.94 bits per heavy atom. The van der Waals surface area contributed by atoms with Crippen LogP contribution in [0.5, 0.6) is 0 Å². The Morgan fingerprint density at radius 1 is 1.29 bits per heavy atom. The summed E-state index contributed by atoms with van der Waals surface area (Å²) in [5.41, 5.74) is 4.33. The van der Waals surface area contributed by atoms with E-state index in [0.29, 0.717) is 0 Å². The quantitative estimate of drug-likeness (QED) is 0.693. The van der Waals surface area contributed by atoms with Gasteiger partial charge < -0.3 is 15.6 Å². The highest BCUT2D eigenvalue weighted by molar-refractivity contribution is 5.74. The second-order valence-corrected chi connectivity index (χ2v) is 3.72. The third kappa shape index (κ3) is 5.12. The van der Waals surface area contributed by atoms with E-state index in [4.69, 9.17) is 9.84 Å². The number of carboxylic acid groups (broad SMARTS) is 1. The Balaban J connectivity index is 2.24. The van der Waals surface area contributed by atoms with Gasteiger partial charge in [0.15, 0.2) is 6.04 Å². The molecular formula is C12H16NO4+. The monoisotopic (exact) mass is 238 g/mol. The first-order valence-corrected chi connectivity index (χ1v) is 5.35. The maximum absolute atomic E-state index is 11.3. The molecule has 17 heavy (non-hydrogen) atoms. The lowest BCUT2D eigenvalue weighted by Gasteiger charge is -2.05. The van der Waals surface area contributed by atoms with Crippen LogP contribution in [0.1, 0.15) is 18.4 Å². The van der Waals surface area contributed by atoms with E-state index in [1.165, 1.54) is 0 Å². The van der Waals surface area contributed by atoms with E-state index in [1.807, 2.05) is 30.3 Å². The van der Waals surface area contributed by atoms with Gasteiger partial charge in [-0.2, -0.15) is 0 Å². The molecule has 0 fully saturated rings. The molecule has 5 nitrogen and oxygen atoms in total. The molecule has 1 atom stereocenters. The van der Waals surface area contributed by atoms with Crippen LogP contribution in [-0.4, -0.2) is 23.1 Å². The highest BCUT2D eigenvalue weighted by Gasteiger charge is 2.17. The highest BCUT2D eigenvalue weighted by Crippen LogP contribution is 2.03. The molecule has 0 spiro atoms. The number of carbonyl (C=O) groups is 2. The van der Waals surface area contributed by atoms with Crippen molar-refractivity contribution in [2.75, 3.05) is 0 Å². The number of carboxylic acids is 1. The standard InChI is InChI=1S/C12H15NO4/c13-10(12(15)16)6-7-11(14)17-8-9-4-2-1-3-5-9/h1-5,10H,6-8,13H2,(H,15,16)/p+1. The number of ether oxygens (including phenoxy) is 1. The number of benzene rings is 1. The van der Waals surface area contributed by atoms with Crippen molar-refractivity contribution < 1.29 is 25.2 Å². The van der Waals surface area contributed by atoms with Crippen LogP contribution in [0.25, 0.3) is 0 Å². The lowest BCUT2D eigenvalue weighted by Crippen LogP contribution is -2.64. The molecule has 5 heteroatoms. The van der Waals surface area contributed by atoms with Crippen molar-refractivity contribution in [3.8, 4) is 0 Å². The van der Waals surface area contributed by atoms with E-state index in [-0.39, 0.29) is 19.4 Å². The summed E-state index contributed by atoms with van der Waals surface area (Å²) in [6, 6.07) is 8.55. The van der Waals surface area contributed by atoms with Crippen LogP contribution < -0.4 is 5.73 Å². The summed E-state index contributed by atoms with van der Waals surface area (Å²) in [6.45, 7) is 0.217. The second kappa shape index (κ2) is 6.65. The van der Waals surface area contributed by atoms with E-state index in [1.54, 1.807) is 0 Å². The zero-order valence-electron chi connectivity index (χ0n) is 9.46. The maximum atomic E-state index is 11.3. The summed E-state index contributed by atoms with van der Waals surface area (Å²) in [5.74, 6) is -1.40. The third-order valence-electron chi connectivity index (χ3n) is 2.29. The van der Waals surface area contributed by atoms with Crippen molar-refractivity contribution in [3.63, 3.8) is 0 Å². The fourth-order valence-corrected chi connectivity index (χ4v) is 1.23. The van der Waals surface area contributed by atoms with Crippen molar-refractivity contribution in [2.45, 2.75) is 25.5 Å². The molecular weight excluding hydrogens is 222 g/mol. The van der Waals surface area contributed by atoms with Gasteiger partial charge in [-0.1, -0.05) is 30.3 Å². The minimum absolute atomic E-state index is 0.0767. The molecule has 92 valence electrons. The van der Waals surface area contributed by atoms with Crippen molar-refractivity contribution in [3.05, 3.63) is 35.9 Å². The molecule has 0 amide bonds. The van der Waals surface area contributed by atoms with Crippen LogP contribution in [0.15, 0.2) is 30.3 Å². The number of carbonyl (C=O) groups excluding carboxylic acids is 1. The van der Waals surface area contributed by atoms with Crippen molar-refractivity contribution in [1.82, 2.24) is 0 Å². The van der Waals surface area contributed by atoms with Crippen LogP contribution in [0.2, 0.25) is 0 Å². The van der Waals surface area contributed by atoms with Gasteiger partial charge in [0, 0.05) is 6.42 Å². The minimum atomic E-state index is -0.999. The fourth-order valence-electron chi connectivity index (χ4n) is 1.23. The number of esters is 1. The molecule has 0 aliphatic rings. The first-order chi connectivity index (χ1) is 8.09. The van der Waals surface area contributed by atoms with Gasteiger partial charge in [-0.15, -0.1) is 0 Å². The van der Waals surface area contributed by atoms with Gasteiger partial charge in [0.2, 0.25) is 0 Å². The molecule has 0 bridgehead atoms. The van der Waals surface area contributed by atoms with Crippen molar-refractivity contribution in [2.24, 2.45) is 0 Å². The highest BCUT2D eigenvalue weighted by atomic mass is 16.5. The smallest absolute Gasteiger partial charge is 0.362 e. The zero-order chi connectivity index (χ0) is 12.7. The fraction of sp³-hybridized carbons (Fsp3) is 0.333. The average molecular weight is 238 g/mol. The van der Waals surface area contributed by atoms with Crippen LogP contribution in [0.3, 0.4) is 0 Å². The summed E-state index contributed by atoms with van der Waals surface area (Å²) in [5, 5.41) is 8.59. The Labute approximate surface area is 99.2 Å². The molecule has 0 radical (unpaired) electrons. The molecule has 1 unspecified atom stereocenters. The van der Waals surface area contributed by atoms with E-state index >= 15 is 0 Å². The average Bonchev–Trinajstić information content (AvgIpc) is 2.34. The van der Waals surface area contributed by atoms with Crippen molar-refractivity contribution in [1.29, 1.82) is 0 Å². The topological polar surface area (TPSA) is 91.2 Å². The summed E-state index contributed by atoms with van der Waals surface area (Å²) in [4.78, 5) is 21.8. The first-order valence-electron chi connectivity index (χ1n) is 5.35. The molecule has 0 aliphatic heterocycles. The van der Waals surface area contributed by atoms with Gasteiger partial charge in [0.25, 0.3) is 0 Å². The van der Waals surface area contributed by atoms with Crippen LogP contribution in [0, 0.1) is 0 Å². The largest absolute Gasteiger partial charge is 0.477 e. The molecule has 1 aromatic carbocycles. The number of aliphatic carboxylic acids is 1. The molecule has 0 aliphatic carbocycles. The molecule has 1 rings (SSSR count). The Bertz CT molecular complexity index is 377. The summed E-state index contributed by atoms with van der Waals surface area (Å²) in [6.07, 6.45) is 0.274. The van der Waals surface area contributed by atoms with E-state index in [0.717, 1.165) is 5.56 Å². The lowest BCUT2D eigenvalue weighted by atomic mass is 10.2. The second-order valence-electron chi connectivity index (χ2n) is 3.72. The minimum Gasteiger partial charge on any atom is -0.477 e. The predicted molar refractivity (Wildman–Crippen MR) is 59.8 cm³/mol. The molecule has 1 aromatic rings. The third-order valence-corrected chi connectivity index (χ3v) is 2.29. The molecule has 4 N–H and O–H groups in total. The van der Waals surface area contributed by atoms with Gasteiger partial charge in [0.05, 0.1) is 6.42 Å². The Morgan fingerprint density at radius 3 is 2.53 bits per heavy atom. The maximum Gasteiger partial charge on any atom is 0.362 e.